The molecule has 182 valence electrons. The Morgan fingerprint density at radius 1 is 1.26 bits per heavy atom. The van der Waals surface area contributed by atoms with Crippen molar-refractivity contribution in [3.63, 3.8) is 0 Å². The molecule has 34 heavy (non-hydrogen) atoms. The molecule has 0 spiro atoms. The van der Waals surface area contributed by atoms with Crippen molar-refractivity contribution in [2.24, 2.45) is 5.41 Å². The maximum Gasteiger partial charge on any atom is 0.407 e. The minimum absolute atomic E-state index is 0.173. The van der Waals surface area contributed by atoms with Gasteiger partial charge in [0.15, 0.2) is 5.82 Å². The lowest BCUT2D eigenvalue weighted by atomic mass is 9.72. The van der Waals surface area contributed by atoms with E-state index in [0.29, 0.717) is 41.5 Å². The third-order valence-corrected chi connectivity index (χ3v) is 6.60. The molecule has 1 amide bonds. The van der Waals surface area contributed by atoms with Gasteiger partial charge in [-0.05, 0) is 51.2 Å². The maximum absolute atomic E-state index is 15.0. The normalized spacial score (nSPS) is 19.0. The minimum Gasteiger partial charge on any atom is -0.494 e. The first-order valence-electron chi connectivity index (χ1n) is 11.7. The molecule has 2 unspecified atom stereocenters. The lowest BCUT2D eigenvalue weighted by Gasteiger charge is -2.46. The highest BCUT2D eigenvalue weighted by Gasteiger charge is 2.44. The summed E-state index contributed by atoms with van der Waals surface area (Å²) in [5, 5.41) is 24.5. The van der Waals surface area contributed by atoms with Crippen LogP contribution in [0.4, 0.5) is 9.18 Å². The summed E-state index contributed by atoms with van der Waals surface area (Å²) in [7, 11) is 0. The summed E-state index contributed by atoms with van der Waals surface area (Å²) < 4.78 is 22.0. The van der Waals surface area contributed by atoms with Crippen LogP contribution in [-0.2, 0) is 0 Å². The summed E-state index contributed by atoms with van der Waals surface area (Å²) in [6, 6.07) is 4.45. The van der Waals surface area contributed by atoms with Gasteiger partial charge in [-0.2, -0.15) is 15.3 Å². The van der Waals surface area contributed by atoms with Crippen LogP contribution in [0.5, 0.6) is 5.75 Å². The van der Waals surface area contributed by atoms with Crippen molar-refractivity contribution < 1.29 is 19.0 Å². The number of benzene rings is 1. The molecular formula is C25H32FN5O3. The van der Waals surface area contributed by atoms with Crippen molar-refractivity contribution in [1.82, 2.24) is 24.9 Å². The van der Waals surface area contributed by atoms with Crippen molar-refractivity contribution in [3.05, 3.63) is 41.1 Å². The molecule has 2 atom stereocenters. The number of ether oxygens (including phenoxy) is 1. The van der Waals surface area contributed by atoms with Crippen LogP contribution < -0.4 is 4.74 Å². The summed E-state index contributed by atoms with van der Waals surface area (Å²) in [6.07, 6.45) is 0.578. The predicted octanol–water partition coefficient (Wildman–Crippen LogP) is 5.24. The second-order valence-electron chi connectivity index (χ2n) is 9.97. The molecule has 9 heteroatoms. The Labute approximate surface area is 198 Å². The number of amides is 1. The summed E-state index contributed by atoms with van der Waals surface area (Å²) >= 11 is 0. The fourth-order valence-corrected chi connectivity index (χ4v) is 5.31. The highest BCUT2D eigenvalue weighted by atomic mass is 19.1. The molecule has 1 fully saturated rings. The van der Waals surface area contributed by atoms with Crippen molar-refractivity contribution in [2.45, 2.75) is 66.3 Å². The Morgan fingerprint density at radius 3 is 2.62 bits per heavy atom. The molecule has 0 radical (unpaired) electrons. The highest BCUT2D eigenvalue weighted by Crippen LogP contribution is 2.43. The fraction of sp³-hybridized carbons (Fsp3) is 0.520. The van der Waals surface area contributed by atoms with Crippen molar-refractivity contribution >= 4 is 17.0 Å². The number of halogens is 1. The number of fused-ring (bicyclic) bond motifs is 1. The van der Waals surface area contributed by atoms with E-state index < -0.39 is 11.9 Å². The fourth-order valence-electron chi connectivity index (χ4n) is 5.31. The van der Waals surface area contributed by atoms with Crippen molar-refractivity contribution in [1.29, 1.82) is 0 Å². The topological polar surface area (TPSA) is 93.4 Å². The van der Waals surface area contributed by atoms with Crippen LogP contribution in [0, 0.1) is 25.1 Å². The number of carbonyl (C=O) groups is 1. The SMILES string of the molecule is CCOc1ccc(-n2nc3c(C4CCCN(C(=O)O)C4C(C)(C)C)nnc(C)c3c2C)c(F)c1. The van der Waals surface area contributed by atoms with Crippen molar-refractivity contribution in [2.75, 3.05) is 13.2 Å². The number of likely N-dealkylation sites (tertiary alicyclic amines) is 1. The number of carboxylic acid groups (broad SMARTS) is 1. The van der Waals surface area contributed by atoms with Gasteiger partial charge in [-0.25, -0.2) is 13.9 Å². The van der Waals surface area contributed by atoms with E-state index in [0.717, 1.165) is 23.9 Å². The molecule has 0 saturated carbocycles. The summed E-state index contributed by atoms with van der Waals surface area (Å²) in [5.41, 5.74) is 2.76. The highest BCUT2D eigenvalue weighted by molar-refractivity contribution is 5.86. The molecule has 0 bridgehead atoms. The molecule has 4 rings (SSSR count). The van der Waals surface area contributed by atoms with Gasteiger partial charge in [-0.15, -0.1) is 0 Å². The summed E-state index contributed by atoms with van der Waals surface area (Å²) in [4.78, 5) is 13.6. The van der Waals surface area contributed by atoms with Crippen LogP contribution >= 0.6 is 0 Å². The molecular weight excluding hydrogens is 437 g/mol. The lowest BCUT2D eigenvalue weighted by Crippen LogP contribution is -2.53. The minimum atomic E-state index is -0.931. The van der Waals surface area contributed by atoms with E-state index in [1.54, 1.807) is 16.8 Å². The van der Waals surface area contributed by atoms with Gasteiger partial charge in [-0.1, -0.05) is 20.8 Å². The molecule has 1 saturated heterocycles. The van der Waals surface area contributed by atoms with Crippen LogP contribution in [0.1, 0.15) is 63.5 Å². The zero-order chi connectivity index (χ0) is 24.8. The number of aryl methyl sites for hydroxylation is 2. The second-order valence-corrected chi connectivity index (χ2v) is 9.97. The van der Waals surface area contributed by atoms with E-state index in [4.69, 9.17) is 9.84 Å². The van der Waals surface area contributed by atoms with Gasteiger partial charge in [0.1, 0.15) is 17.0 Å². The predicted molar refractivity (Wildman–Crippen MR) is 127 cm³/mol. The quantitative estimate of drug-likeness (QED) is 0.562. The molecule has 3 heterocycles. The number of hydrogen-bond acceptors (Lipinski definition) is 5. The molecule has 1 aromatic carbocycles. The van der Waals surface area contributed by atoms with Gasteiger partial charge >= 0.3 is 6.09 Å². The molecule has 0 aliphatic carbocycles. The van der Waals surface area contributed by atoms with Crippen LogP contribution in [0.3, 0.4) is 0 Å². The lowest BCUT2D eigenvalue weighted by molar-refractivity contribution is 0.0448. The summed E-state index contributed by atoms with van der Waals surface area (Å²) in [6.45, 7) is 12.7. The Kier molecular flexibility index (Phi) is 6.22. The zero-order valence-corrected chi connectivity index (χ0v) is 20.6. The van der Waals surface area contributed by atoms with Gasteiger partial charge in [0.2, 0.25) is 0 Å². The van der Waals surface area contributed by atoms with E-state index in [1.807, 2.05) is 41.5 Å². The third kappa shape index (κ3) is 4.08. The first-order valence-corrected chi connectivity index (χ1v) is 11.7. The largest absolute Gasteiger partial charge is 0.494 e. The number of hydrogen-bond donors (Lipinski definition) is 1. The van der Waals surface area contributed by atoms with Gasteiger partial charge in [0, 0.05) is 30.0 Å². The monoisotopic (exact) mass is 469 g/mol. The molecule has 1 N–H and O–H groups in total. The van der Waals surface area contributed by atoms with Gasteiger partial charge in [0.25, 0.3) is 0 Å². The van der Waals surface area contributed by atoms with E-state index in [9.17, 15) is 9.90 Å². The van der Waals surface area contributed by atoms with Crippen molar-refractivity contribution in [3.8, 4) is 11.4 Å². The van der Waals surface area contributed by atoms with E-state index >= 15 is 4.39 Å². The Bertz CT molecular complexity index is 1230. The van der Waals surface area contributed by atoms with Crippen LogP contribution in [0.25, 0.3) is 16.6 Å². The van der Waals surface area contributed by atoms with E-state index in [2.05, 4.69) is 10.2 Å². The third-order valence-electron chi connectivity index (χ3n) is 6.60. The van der Waals surface area contributed by atoms with Crippen LogP contribution in [0.2, 0.25) is 0 Å². The second kappa shape index (κ2) is 8.85. The average Bonchev–Trinajstić information content (AvgIpc) is 3.11. The smallest absolute Gasteiger partial charge is 0.407 e. The first kappa shape index (κ1) is 23.9. The van der Waals surface area contributed by atoms with Crippen LogP contribution in [-0.4, -0.2) is 55.3 Å². The summed E-state index contributed by atoms with van der Waals surface area (Å²) in [5.74, 6) is -0.153. The first-order chi connectivity index (χ1) is 16.0. The molecule has 3 aromatic rings. The number of piperidine rings is 1. The Morgan fingerprint density at radius 2 is 2.00 bits per heavy atom. The number of aromatic nitrogens is 4. The van der Waals surface area contributed by atoms with Gasteiger partial charge < -0.3 is 14.7 Å². The maximum atomic E-state index is 15.0. The van der Waals surface area contributed by atoms with Gasteiger partial charge in [-0.3, -0.25) is 0 Å². The average molecular weight is 470 g/mol. The Balaban J connectivity index is 1.89. The van der Waals surface area contributed by atoms with Crippen LogP contribution in [0.15, 0.2) is 18.2 Å². The van der Waals surface area contributed by atoms with Gasteiger partial charge in [0.05, 0.1) is 23.7 Å². The Hall–Kier alpha value is -3.23. The number of nitrogens with zero attached hydrogens (tertiary/aromatic N) is 5. The molecule has 1 aliphatic heterocycles. The van der Waals surface area contributed by atoms with E-state index in [1.165, 1.54) is 11.0 Å². The molecule has 2 aromatic heterocycles. The molecule has 8 nitrogen and oxygen atoms in total. The number of rotatable bonds is 4. The molecule has 1 aliphatic rings. The van der Waals surface area contributed by atoms with E-state index in [-0.39, 0.29) is 17.4 Å². The zero-order valence-electron chi connectivity index (χ0n) is 20.6. The standard InChI is InChI=1S/C25H32FN5O3/c1-7-34-16-10-11-19(18(26)13-16)31-15(3)20-14(2)27-28-21(22(20)29-31)17-9-8-12-30(24(32)33)23(17)25(4,5)6/h10-11,13,17,23H,7-9,12H2,1-6H3,(H,32,33).